The Morgan fingerprint density at radius 3 is 2.12 bits per heavy atom. The number of carbonyl (C=O) groups excluding carboxylic acids is 2. The van der Waals surface area contributed by atoms with E-state index in [1.54, 1.807) is 43.3 Å². The summed E-state index contributed by atoms with van der Waals surface area (Å²) in [7, 11) is -4.10. The summed E-state index contributed by atoms with van der Waals surface area (Å²) in [5, 5.41) is 2.91. The summed E-state index contributed by atoms with van der Waals surface area (Å²) < 4.78 is 29.2. The molecular formula is C32H41N3O4S. The Hall–Kier alpha value is -3.65. The average molecular weight is 564 g/mol. The highest BCUT2D eigenvalue weighted by atomic mass is 32.2. The minimum Gasteiger partial charge on any atom is -0.354 e. The van der Waals surface area contributed by atoms with E-state index in [4.69, 9.17) is 0 Å². The van der Waals surface area contributed by atoms with Gasteiger partial charge in [-0.2, -0.15) is 0 Å². The molecule has 0 spiro atoms. The molecule has 0 fully saturated rings. The molecule has 0 aliphatic carbocycles. The molecule has 1 N–H and O–H groups in total. The monoisotopic (exact) mass is 563 g/mol. The van der Waals surface area contributed by atoms with Crippen LogP contribution >= 0.6 is 0 Å². The SMILES string of the molecule is Cc1ccc(S(=O)(=O)N(CC(=O)N(Cc2cccc(C)c2)[C@@H](C)C(=O)NCC(C)C)c2cccc(C)c2C)cc1. The lowest BCUT2D eigenvalue weighted by Crippen LogP contribution is -2.51. The van der Waals surface area contributed by atoms with Gasteiger partial charge in [-0.05, 0) is 75.4 Å². The summed E-state index contributed by atoms with van der Waals surface area (Å²) in [4.78, 5) is 28.7. The van der Waals surface area contributed by atoms with E-state index in [0.717, 1.165) is 27.8 Å². The van der Waals surface area contributed by atoms with E-state index in [1.807, 2.05) is 71.9 Å². The van der Waals surface area contributed by atoms with Gasteiger partial charge in [0.25, 0.3) is 10.0 Å². The maximum atomic E-state index is 14.1. The highest BCUT2D eigenvalue weighted by Gasteiger charge is 2.33. The molecule has 40 heavy (non-hydrogen) atoms. The smallest absolute Gasteiger partial charge is 0.264 e. The van der Waals surface area contributed by atoms with Crippen LogP contribution in [-0.2, 0) is 26.2 Å². The molecule has 3 rings (SSSR count). The van der Waals surface area contributed by atoms with Gasteiger partial charge in [0.1, 0.15) is 12.6 Å². The Kier molecular flexibility index (Phi) is 10.1. The minimum absolute atomic E-state index is 0.0970. The lowest BCUT2D eigenvalue weighted by molar-refractivity contribution is -0.139. The second-order valence-corrected chi connectivity index (χ2v) is 12.7. The molecule has 0 unspecified atom stereocenters. The Labute approximate surface area is 239 Å². The second-order valence-electron chi connectivity index (χ2n) is 10.9. The van der Waals surface area contributed by atoms with E-state index in [-0.39, 0.29) is 23.3 Å². The van der Waals surface area contributed by atoms with Gasteiger partial charge >= 0.3 is 0 Å². The van der Waals surface area contributed by atoms with Gasteiger partial charge in [0.2, 0.25) is 11.8 Å². The largest absolute Gasteiger partial charge is 0.354 e. The third-order valence-corrected chi connectivity index (χ3v) is 8.79. The fraction of sp³-hybridized carbons (Fsp3) is 0.375. The number of amides is 2. The van der Waals surface area contributed by atoms with Crippen molar-refractivity contribution in [3.8, 4) is 0 Å². The standard InChI is InChI=1S/C32H41N3O4S/c1-22(2)19-33-32(37)27(7)34(20-28-12-8-10-24(4)18-28)31(36)21-35(30-13-9-11-25(5)26(30)6)40(38,39)29-16-14-23(3)15-17-29/h8-18,22,27H,19-21H2,1-7H3,(H,33,37)/t27-/m0/s1. The van der Waals surface area contributed by atoms with Crippen LogP contribution in [0.2, 0.25) is 0 Å². The van der Waals surface area contributed by atoms with Crippen LogP contribution in [-0.4, -0.2) is 44.3 Å². The molecule has 0 bridgehead atoms. The number of benzene rings is 3. The van der Waals surface area contributed by atoms with Crippen LogP contribution in [0.15, 0.2) is 71.6 Å². The summed E-state index contributed by atoms with van der Waals surface area (Å²) in [6.07, 6.45) is 0. The van der Waals surface area contributed by atoms with Crippen LogP contribution in [0.1, 0.15) is 48.6 Å². The molecule has 7 nitrogen and oxygen atoms in total. The minimum atomic E-state index is -4.10. The fourth-order valence-electron chi connectivity index (χ4n) is 4.40. The highest BCUT2D eigenvalue weighted by molar-refractivity contribution is 7.92. The second kappa shape index (κ2) is 13.1. The van der Waals surface area contributed by atoms with Gasteiger partial charge in [-0.25, -0.2) is 8.42 Å². The zero-order valence-electron chi connectivity index (χ0n) is 24.6. The summed E-state index contributed by atoms with van der Waals surface area (Å²) >= 11 is 0. The molecule has 3 aromatic carbocycles. The van der Waals surface area contributed by atoms with Crippen molar-refractivity contribution in [2.75, 3.05) is 17.4 Å². The molecule has 8 heteroatoms. The number of nitrogens with one attached hydrogen (secondary N) is 1. The normalized spacial score (nSPS) is 12.2. The molecule has 3 aromatic rings. The van der Waals surface area contributed by atoms with E-state index >= 15 is 0 Å². The highest BCUT2D eigenvalue weighted by Crippen LogP contribution is 2.29. The van der Waals surface area contributed by atoms with Crippen LogP contribution in [0.5, 0.6) is 0 Å². The number of rotatable bonds is 11. The third kappa shape index (κ3) is 7.50. The van der Waals surface area contributed by atoms with Crippen molar-refractivity contribution in [1.29, 1.82) is 0 Å². The number of nitrogens with zero attached hydrogens (tertiary/aromatic N) is 2. The van der Waals surface area contributed by atoms with Gasteiger partial charge in [-0.15, -0.1) is 0 Å². The molecule has 214 valence electrons. The number of aryl methyl sites for hydroxylation is 3. The van der Waals surface area contributed by atoms with E-state index < -0.39 is 28.5 Å². The van der Waals surface area contributed by atoms with Crippen LogP contribution in [0.25, 0.3) is 0 Å². The zero-order valence-corrected chi connectivity index (χ0v) is 25.4. The first-order chi connectivity index (χ1) is 18.8. The summed E-state index contributed by atoms with van der Waals surface area (Å²) in [5.74, 6) is -0.504. The Morgan fingerprint density at radius 1 is 0.850 bits per heavy atom. The lowest BCUT2D eigenvalue weighted by Gasteiger charge is -2.32. The molecule has 0 saturated carbocycles. The fourth-order valence-corrected chi connectivity index (χ4v) is 5.87. The first kappa shape index (κ1) is 30.9. The Bertz CT molecular complexity index is 1450. The van der Waals surface area contributed by atoms with Gasteiger partial charge in [0, 0.05) is 13.1 Å². The van der Waals surface area contributed by atoms with Gasteiger partial charge in [0.15, 0.2) is 0 Å². The van der Waals surface area contributed by atoms with Gasteiger partial charge < -0.3 is 10.2 Å². The first-order valence-electron chi connectivity index (χ1n) is 13.6. The van der Waals surface area contributed by atoms with Crippen molar-refractivity contribution in [1.82, 2.24) is 10.2 Å². The van der Waals surface area contributed by atoms with Crippen molar-refractivity contribution in [2.45, 2.75) is 65.9 Å². The predicted octanol–water partition coefficient (Wildman–Crippen LogP) is 5.31. The molecule has 0 saturated heterocycles. The van der Waals surface area contributed by atoms with Crippen LogP contribution in [0.3, 0.4) is 0 Å². The molecule has 0 heterocycles. The summed E-state index contributed by atoms with van der Waals surface area (Å²) in [6, 6.07) is 18.9. The number of hydrogen-bond donors (Lipinski definition) is 1. The van der Waals surface area contributed by atoms with Crippen LogP contribution in [0.4, 0.5) is 5.69 Å². The van der Waals surface area contributed by atoms with Crippen LogP contribution < -0.4 is 9.62 Å². The van der Waals surface area contributed by atoms with E-state index in [2.05, 4.69) is 5.32 Å². The Morgan fingerprint density at radius 2 is 1.50 bits per heavy atom. The molecule has 0 radical (unpaired) electrons. The van der Waals surface area contributed by atoms with Crippen molar-refractivity contribution >= 4 is 27.5 Å². The Balaban J connectivity index is 2.06. The number of anilines is 1. The van der Waals surface area contributed by atoms with Crippen molar-refractivity contribution < 1.29 is 18.0 Å². The van der Waals surface area contributed by atoms with Crippen molar-refractivity contribution in [3.63, 3.8) is 0 Å². The van der Waals surface area contributed by atoms with Gasteiger partial charge in [-0.1, -0.05) is 73.5 Å². The summed E-state index contributed by atoms with van der Waals surface area (Å²) in [6.45, 7) is 13.5. The van der Waals surface area contributed by atoms with Crippen LogP contribution in [0, 0.1) is 33.6 Å². The maximum Gasteiger partial charge on any atom is 0.264 e. The first-order valence-corrected chi connectivity index (χ1v) is 15.0. The predicted molar refractivity (Wildman–Crippen MR) is 161 cm³/mol. The molecule has 1 atom stereocenters. The molecular weight excluding hydrogens is 522 g/mol. The van der Waals surface area contributed by atoms with E-state index in [0.29, 0.717) is 12.2 Å². The summed E-state index contributed by atoms with van der Waals surface area (Å²) in [5.41, 5.74) is 4.92. The molecule has 0 aliphatic rings. The molecule has 0 aromatic heterocycles. The van der Waals surface area contributed by atoms with E-state index in [9.17, 15) is 18.0 Å². The number of sulfonamides is 1. The third-order valence-electron chi connectivity index (χ3n) is 7.02. The number of hydrogen-bond acceptors (Lipinski definition) is 4. The van der Waals surface area contributed by atoms with Crippen molar-refractivity contribution in [2.24, 2.45) is 5.92 Å². The quantitative estimate of drug-likeness (QED) is 0.343. The lowest BCUT2D eigenvalue weighted by atomic mass is 10.1. The molecule has 0 aliphatic heterocycles. The average Bonchev–Trinajstić information content (AvgIpc) is 2.90. The topological polar surface area (TPSA) is 86.8 Å². The van der Waals surface area contributed by atoms with E-state index in [1.165, 1.54) is 9.21 Å². The zero-order chi connectivity index (χ0) is 29.6. The maximum absolute atomic E-state index is 14.1. The van der Waals surface area contributed by atoms with Gasteiger partial charge in [0.05, 0.1) is 10.6 Å². The molecule has 2 amide bonds. The number of carbonyl (C=O) groups is 2. The van der Waals surface area contributed by atoms with Crippen molar-refractivity contribution in [3.05, 3.63) is 94.5 Å². The van der Waals surface area contributed by atoms with Gasteiger partial charge in [-0.3, -0.25) is 13.9 Å².